The third kappa shape index (κ3) is 4.92. The van der Waals surface area contributed by atoms with E-state index >= 15 is 0 Å². The molecule has 0 aromatic heterocycles. The van der Waals surface area contributed by atoms with Crippen molar-refractivity contribution >= 4 is 40.5 Å². The average Bonchev–Trinajstić information content (AvgIpc) is 3.54. The SMILES string of the molecule is COc1ccc(/C(=N/OCc2ccc(Cl)cc2Cl)[C@H]2C[C@H]2c2ccc(Cl)cc2)cc1. The first-order valence-corrected chi connectivity index (χ1v) is 10.7. The summed E-state index contributed by atoms with van der Waals surface area (Å²) in [5.74, 6) is 1.48. The van der Waals surface area contributed by atoms with Crippen molar-refractivity contribution < 1.29 is 9.57 Å². The standard InChI is InChI=1S/C24H20Cl3NO2/c1-29-20-10-5-16(6-11-20)24(22-13-21(22)15-2-7-18(25)8-3-15)28-30-14-17-4-9-19(26)12-23(17)27/h2-12,21-22H,13-14H2,1H3/b28-24-/t21-,22-/m0/s1. The monoisotopic (exact) mass is 459 g/mol. The van der Waals surface area contributed by atoms with Gasteiger partial charge in [-0.05, 0) is 72.0 Å². The number of rotatable bonds is 7. The van der Waals surface area contributed by atoms with E-state index in [2.05, 4.69) is 17.3 Å². The molecule has 0 aliphatic heterocycles. The number of halogens is 3. The van der Waals surface area contributed by atoms with E-state index in [0.717, 1.165) is 34.0 Å². The molecular formula is C24H20Cl3NO2. The molecule has 0 amide bonds. The van der Waals surface area contributed by atoms with Crippen molar-refractivity contribution in [1.29, 1.82) is 0 Å². The summed E-state index contributed by atoms with van der Waals surface area (Å²) in [6.07, 6.45) is 1.01. The number of hydrogen-bond acceptors (Lipinski definition) is 3. The average molecular weight is 461 g/mol. The first-order valence-electron chi connectivity index (χ1n) is 9.59. The van der Waals surface area contributed by atoms with Crippen LogP contribution >= 0.6 is 34.8 Å². The molecular weight excluding hydrogens is 441 g/mol. The van der Waals surface area contributed by atoms with Gasteiger partial charge < -0.3 is 9.57 Å². The Bertz CT molecular complexity index is 1050. The van der Waals surface area contributed by atoms with Gasteiger partial charge in [-0.3, -0.25) is 0 Å². The summed E-state index contributed by atoms with van der Waals surface area (Å²) in [4.78, 5) is 5.73. The summed E-state index contributed by atoms with van der Waals surface area (Å²) >= 11 is 18.3. The van der Waals surface area contributed by atoms with Gasteiger partial charge >= 0.3 is 0 Å². The van der Waals surface area contributed by atoms with E-state index in [1.165, 1.54) is 5.56 Å². The highest BCUT2D eigenvalue weighted by atomic mass is 35.5. The van der Waals surface area contributed by atoms with Crippen LogP contribution in [0, 0.1) is 5.92 Å². The molecule has 0 radical (unpaired) electrons. The maximum atomic E-state index is 6.25. The number of ether oxygens (including phenoxy) is 1. The third-order valence-electron chi connectivity index (χ3n) is 5.22. The fraction of sp³-hybridized carbons (Fsp3) is 0.208. The molecule has 0 saturated heterocycles. The fourth-order valence-corrected chi connectivity index (χ4v) is 4.07. The highest BCUT2D eigenvalue weighted by Gasteiger charge is 2.43. The number of nitrogens with zero attached hydrogens (tertiary/aromatic N) is 1. The van der Waals surface area contributed by atoms with Gasteiger partial charge in [0.05, 0.1) is 12.8 Å². The van der Waals surface area contributed by atoms with Gasteiger partial charge in [-0.1, -0.05) is 58.2 Å². The molecule has 1 aliphatic carbocycles. The fourth-order valence-electron chi connectivity index (χ4n) is 3.48. The van der Waals surface area contributed by atoms with E-state index in [-0.39, 0.29) is 12.5 Å². The molecule has 0 unspecified atom stereocenters. The smallest absolute Gasteiger partial charge is 0.143 e. The minimum Gasteiger partial charge on any atom is -0.497 e. The van der Waals surface area contributed by atoms with Crippen LogP contribution in [-0.2, 0) is 11.4 Å². The van der Waals surface area contributed by atoms with Crippen molar-refractivity contribution in [2.24, 2.45) is 11.1 Å². The van der Waals surface area contributed by atoms with Crippen LogP contribution in [0.15, 0.2) is 71.9 Å². The van der Waals surface area contributed by atoms with Crippen LogP contribution in [0.1, 0.15) is 29.0 Å². The van der Waals surface area contributed by atoms with Crippen molar-refractivity contribution in [3.05, 3.63) is 98.5 Å². The summed E-state index contributed by atoms with van der Waals surface area (Å²) in [7, 11) is 1.65. The van der Waals surface area contributed by atoms with Crippen molar-refractivity contribution in [1.82, 2.24) is 0 Å². The van der Waals surface area contributed by atoms with Gasteiger partial charge in [0.25, 0.3) is 0 Å². The Morgan fingerprint density at radius 2 is 1.63 bits per heavy atom. The highest BCUT2D eigenvalue weighted by Crippen LogP contribution is 2.49. The van der Waals surface area contributed by atoms with Gasteiger partial charge in [0, 0.05) is 26.5 Å². The van der Waals surface area contributed by atoms with Crippen LogP contribution in [0.3, 0.4) is 0 Å². The molecule has 4 rings (SSSR count). The van der Waals surface area contributed by atoms with E-state index in [1.807, 2.05) is 42.5 Å². The Balaban J connectivity index is 1.55. The zero-order valence-corrected chi connectivity index (χ0v) is 18.6. The molecule has 3 nitrogen and oxygen atoms in total. The van der Waals surface area contributed by atoms with Gasteiger partial charge in [0.1, 0.15) is 12.4 Å². The largest absolute Gasteiger partial charge is 0.497 e. The lowest BCUT2D eigenvalue weighted by molar-refractivity contribution is 0.130. The van der Waals surface area contributed by atoms with E-state index < -0.39 is 0 Å². The molecule has 1 fully saturated rings. The topological polar surface area (TPSA) is 30.8 Å². The lowest BCUT2D eigenvalue weighted by atomic mass is 10.0. The lowest BCUT2D eigenvalue weighted by Gasteiger charge is -2.09. The molecule has 0 heterocycles. The van der Waals surface area contributed by atoms with Crippen molar-refractivity contribution in [3.8, 4) is 5.75 Å². The second kappa shape index (κ2) is 9.30. The number of methoxy groups -OCH3 is 1. The molecule has 6 heteroatoms. The number of hydrogen-bond donors (Lipinski definition) is 0. The van der Waals surface area contributed by atoms with E-state index in [0.29, 0.717) is 16.0 Å². The van der Waals surface area contributed by atoms with Gasteiger partial charge in [-0.2, -0.15) is 0 Å². The lowest BCUT2D eigenvalue weighted by Crippen LogP contribution is -2.07. The molecule has 3 aromatic rings. The summed E-state index contributed by atoms with van der Waals surface area (Å²) in [5.41, 5.74) is 4.03. The normalized spacial score (nSPS) is 18.2. The first kappa shape index (κ1) is 21.0. The predicted octanol–water partition coefficient (Wildman–Crippen LogP) is 7.38. The van der Waals surface area contributed by atoms with Crippen LogP contribution in [0.25, 0.3) is 0 Å². The van der Waals surface area contributed by atoms with Crippen molar-refractivity contribution in [2.75, 3.05) is 7.11 Å². The van der Waals surface area contributed by atoms with Crippen LogP contribution in [0.2, 0.25) is 15.1 Å². The van der Waals surface area contributed by atoms with Crippen LogP contribution < -0.4 is 4.74 Å². The first-order chi connectivity index (χ1) is 14.5. The summed E-state index contributed by atoms with van der Waals surface area (Å²) < 4.78 is 5.28. The minimum absolute atomic E-state index is 0.272. The molecule has 1 aliphatic rings. The molecule has 2 atom stereocenters. The van der Waals surface area contributed by atoms with Gasteiger partial charge in [0.2, 0.25) is 0 Å². The Morgan fingerprint density at radius 3 is 2.30 bits per heavy atom. The maximum absolute atomic E-state index is 6.25. The van der Waals surface area contributed by atoms with E-state index in [4.69, 9.17) is 44.4 Å². The zero-order valence-electron chi connectivity index (χ0n) is 16.3. The Kier molecular flexibility index (Phi) is 6.52. The summed E-state index contributed by atoms with van der Waals surface area (Å²) in [5, 5.41) is 6.42. The molecule has 0 spiro atoms. The molecule has 1 saturated carbocycles. The van der Waals surface area contributed by atoms with Crippen LogP contribution in [-0.4, -0.2) is 12.8 Å². The molecule has 3 aromatic carbocycles. The van der Waals surface area contributed by atoms with Crippen molar-refractivity contribution in [3.63, 3.8) is 0 Å². The van der Waals surface area contributed by atoms with Crippen molar-refractivity contribution in [2.45, 2.75) is 18.9 Å². The van der Waals surface area contributed by atoms with Gasteiger partial charge in [-0.15, -0.1) is 0 Å². The second-order valence-corrected chi connectivity index (χ2v) is 8.49. The van der Waals surface area contributed by atoms with E-state index in [1.54, 1.807) is 19.2 Å². The zero-order chi connectivity index (χ0) is 21.1. The molecule has 30 heavy (non-hydrogen) atoms. The number of oxime groups is 1. The molecule has 0 bridgehead atoms. The van der Waals surface area contributed by atoms with E-state index in [9.17, 15) is 0 Å². The van der Waals surface area contributed by atoms with Gasteiger partial charge in [-0.25, -0.2) is 0 Å². The minimum atomic E-state index is 0.272. The Labute approximate surface area is 191 Å². The number of benzene rings is 3. The second-order valence-electron chi connectivity index (χ2n) is 7.21. The van der Waals surface area contributed by atoms with Crippen LogP contribution in [0.4, 0.5) is 0 Å². The molecule has 154 valence electrons. The molecule has 0 N–H and O–H groups in total. The van der Waals surface area contributed by atoms with Crippen LogP contribution in [0.5, 0.6) is 5.75 Å². The predicted molar refractivity (Wildman–Crippen MR) is 123 cm³/mol. The Hall–Kier alpha value is -2.20. The Morgan fingerprint density at radius 1 is 0.933 bits per heavy atom. The third-order valence-corrected chi connectivity index (χ3v) is 6.06. The van der Waals surface area contributed by atoms with Gasteiger partial charge in [0.15, 0.2) is 0 Å². The maximum Gasteiger partial charge on any atom is 0.143 e. The summed E-state index contributed by atoms with van der Waals surface area (Å²) in [6, 6.07) is 21.2. The highest BCUT2D eigenvalue weighted by molar-refractivity contribution is 6.35. The summed E-state index contributed by atoms with van der Waals surface area (Å²) in [6.45, 7) is 0.272. The quantitative estimate of drug-likeness (QED) is 0.272.